The molecule has 0 aliphatic carbocycles. The van der Waals surface area contributed by atoms with Crippen molar-refractivity contribution < 1.29 is 9.47 Å². The summed E-state index contributed by atoms with van der Waals surface area (Å²) in [6, 6.07) is 6.40. The zero-order valence-corrected chi connectivity index (χ0v) is 27.0. The van der Waals surface area contributed by atoms with Crippen LogP contribution in [0.15, 0.2) is 30.6 Å². The van der Waals surface area contributed by atoms with Crippen molar-refractivity contribution in [2.24, 2.45) is 0 Å². The monoisotopic (exact) mass is 632 g/mol. The molecule has 2 fully saturated rings. The fraction of sp³-hybridized carbons (Fsp3) is 0.484. The minimum absolute atomic E-state index is 0.455. The summed E-state index contributed by atoms with van der Waals surface area (Å²) in [5.74, 6) is 1.86. The number of hydrogen-bond acceptors (Lipinski definition) is 8. The number of methoxy groups -OCH3 is 2. The first kappa shape index (κ1) is 31.0. The number of anilines is 3. The van der Waals surface area contributed by atoms with E-state index < -0.39 is 0 Å². The van der Waals surface area contributed by atoms with Crippen LogP contribution in [0.3, 0.4) is 0 Å². The molecule has 0 bridgehead atoms. The number of piperazine rings is 1. The normalized spacial score (nSPS) is 17.0. The lowest BCUT2D eigenvalue weighted by Crippen LogP contribution is -2.52. The highest BCUT2D eigenvalue weighted by Crippen LogP contribution is 2.39. The van der Waals surface area contributed by atoms with E-state index in [2.05, 4.69) is 37.0 Å². The molecule has 2 saturated heterocycles. The van der Waals surface area contributed by atoms with Crippen LogP contribution in [-0.2, 0) is 12.8 Å². The lowest BCUT2D eigenvalue weighted by Gasteiger charge is -2.42. The molecule has 42 heavy (non-hydrogen) atoms. The molecular weight excluding hydrogens is 595 g/mol. The zero-order valence-electron chi connectivity index (χ0n) is 24.7. The summed E-state index contributed by atoms with van der Waals surface area (Å²) < 4.78 is 11.2. The van der Waals surface area contributed by atoms with Crippen molar-refractivity contribution in [3.8, 4) is 11.5 Å². The van der Waals surface area contributed by atoms with E-state index in [9.17, 15) is 0 Å². The van der Waals surface area contributed by atoms with Gasteiger partial charge in [0.1, 0.15) is 11.5 Å². The van der Waals surface area contributed by atoms with Gasteiger partial charge >= 0.3 is 0 Å². The van der Waals surface area contributed by atoms with E-state index in [1.165, 1.54) is 0 Å². The van der Waals surface area contributed by atoms with Crippen molar-refractivity contribution >= 4 is 52.1 Å². The van der Waals surface area contributed by atoms with Gasteiger partial charge in [-0.05, 0) is 68.5 Å². The van der Waals surface area contributed by atoms with E-state index in [0.717, 1.165) is 80.2 Å². The predicted octanol–water partition coefficient (Wildman–Crippen LogP) is 6.51. The number of rotatable bonds is 9. The van der Waals surface area contributed by atoms with Gasteiger partial charge in [-0.1, -0.05) is 34.8 Å². The van der Waals surface area contributed by atoms with Crippen molar-refractivity contribution in [2.45, 2.75) is 38.6 Å². The maximum absolute atomic E-state index is 6.76. The second-order valence-electron chi connectivity index (χ2n) is 11.1. The summed E-state index contributed by atoms with van der Waals surface area (Å²) in [5, 5.41) is 5.04. The van der Waals surface area contributed by atoms with Crippen LogP contribution in [0.5, 0.6) is 11.5 Å². The second kappa shape index (κ2) is 13.9. The highest BCUT2D eigenvalue weighted by atomic mass is 35.5. The molecule has 0 spiro atoms. The van der Waals surface area contributed by atoms with Crippen molar-refractivity contribution in [1.29, 1.82) is 0 Å². The van der Waals surface area contributed by atoms with Gasteiger partial charge in [-0.3, -0.25) is 4.90 Å². The van der Waals surface area contributed by atoms with Gasteiger partial charge in [-0.25, -0.2) is 9.97 Å². The summed E-state index contributed by atoms with van der Waals surface area (Å²) in [6.45, 7) is 8.52. The first-order valence-electron chi connectivity index (χ1n) is 14.4. The molecule has 2 aliphatic heterocycles. The first-order valence-corrected chi connectivity index (χ1v) is 15.5. The van der Waals surface area contributed by atoms with Gasteiger partial charge in [0.05, 0.1) is 35.6 Å². The van der Waals surface area contributed by atoms with Gasteiger partial charge < -0.3 is 24.6 Å². The average Bonchev–Trinajstić information content (AvgIpc) is 3.01. The van der Waals surface area contributed by atoms with Gasteiger partial charge in [0.2, 0.25) is 5.95 Å². The summed E-state index contributed by atoms with van der Waals surface area (Å²) in [7, 11) is 5.50. The minimum atomic E-state index is 0.455. The smallest absolute Gasteiger partial charge is 0.227 e. The molecule has 0 saturated carbocycles. The van der Waals surface area contributed by atoms with Crippen LogP contribution in [0, 0.1) is 6.92 Å². The molecule has 0 atom stereocenters. The molecule has 1 N–H and O–H groups in total. The Morgan fingerprint density at radius 2 is 1.52 bits per heavy atom. The number of halogens is 3. The Kier molecular flexibility index (Phi) is 10.2. The first-order chi connectivity index (χ1) is 20.3. The Balaban J connectivity index is 1.21. The molecule has 8 nitrogen and oxygen atoms in total. The van der Waals surface area contributed by atoms with Crippen LogP contribution in [0.2, 0.25) is 15.1 Å². The lowest BCUT2D eigenvalue weighted by molar-refractivity contribution is 0.0981. The fourth-order valence-electron chi connectivity index (χ4n) is 5.82. The molecule has 226 valence electrons. The molecule has 5 rings (SSSR count). The Labute approximate surface area is 263 Å². The molecule has 11 heteroatoms. The van der Waals surface area contributed by atoms with Crippen LogP contribution in [0.1, 0.15) is 29.5 Å². The third-order valence-electron chi connectivity index (χ3n) is 8.40. The van der Waals surface area contributed by atoms with Gasteiger partial charge in [-0.2, -0.15) is 0 Å². The SMILES string of the molecule is COc1cc(Nc2ncc(CCc3c(Cl)c(C)cc(OC)c3Cl)cn2)c(Cl)cc1N1CCC(N2CCN(C)CC2)CC1. The van der Waals surface area contributed by atoms with E-state index in [0.29, 0.717) is 51.3 Å². The van der Waals surface area contributed by atoms with E-state index in [1.807, 2.05) is 25.1 Å². The van der Waals surface area contributed by atoms with Gasteiger partial charge in [0.15, 0.2) is 0 Å². The Bertz CT molecular complexity index is 1370. The fourth-order valence-corrected chi connectivity index (χ4v) is 6.64. The van der Waals surface area contributed by atoms with Crippen molar-refractivity contribution in [3.63, 3.8) is 0 Å². The van der Waals surface area contributed by atoms with Crippen LogP contribution in [0.4, 0.5) is 17.3 Å². The van der Waals surface area contributed by atoms with E-state index in [4.69, 9.17) is 44.3 Å². The van der Waals surface area contributed by atoms with Crippen LogP contribution in [0.25, 0.3) is 0 Å². The highest BCUT2D eigenvalue weighted by molar-refractivity contribution is 6.37. The van der Waals surface area contributed by atoms with Gasteiger partial charge in [0, 0.05) is 68.8 Å². The molecule has 2 aromatic carbocycles. The van der Waals surface area contributed by atoms with Crippen molar-refractivity contribution in [2.75, 3.05) is 70.8 Å². The third-order valence-corrected chi connectivity index (χ3v) is 9.66. The van der Waals surface area contributed by atoms with Crippen LogP contribution >= 0.6 is 34.8 Å². The number of benzene rings is 2. The van der Waals surface area contributed by atoms with Crippen LogP contribution in [-0.4, -0.2) is 86.3 Å². The predicted molar refractivity (Wildman–Crippen MR) is 173 cm³/mol. The Morgan fingerprint density at radius 1 is 0.857 bits per heavy atom. The average molecular weight is 634 g/mol. The molecule has 0 amide bonds. The molecule has 1 aromatic heterocycles. The summed E-state index contributed by atoms with van der Waals surface area (Å²) in [6.07, 6.45) is 7.20. The topological polar surface area (TPSA) is 66.0 Å². The number of likely N-dealkylation sites (N-methyl/N-ethyl adjacent to an activating group) is 1. The standard InChI is InChI=1S/C31H39Cl3N6O2/c1-20-15-28(42-4)30(34)23(29(20)33)6-5-21-18-35-31(36-19-21)37-25-17-27(41-3)26(16-24(25)32)40-9-7-22(8-10-40)39-13-11-38(2)12-14-39/h15-19,22H,5-14H2,1-4H3,(H,35,36,37). The maximum atomic E-state index is 6.76. The van der Waals surface area contributed by atoms with Crippen molar-refractivity contribution in [1.82, 2.24) is 19.8 Å². The highest BCUT2D eigenvalue weighted by Gasteiger charge is 2.28. The molecule has 3 heterocycles. The maximum Gasteiger partial charge on any atom is 0.227 e. The van der Waals surface area contributed by atoms with Crippen LogP contribution < -0.4 is 19.7 Å². The van der Waals surface area contributed by atoms with Gasteiger partial charge in [0.25, 0.3) is 0 Å². The van der Waals surface area contributed by atoms with E-state index >= 15 is 0 Å². The number of ether oxygens (including phenoxy) is 2. The van der Waals surface area contributed by atoms with Gasteiger partial charge in [-0.15, -0.1) is 0 Å². The Hall–Kier alpha value is -2.49. The molecule has 3 aromatic rings. The largest absolute Gasteiger partial charge is 0.495 e. The summed E-state index contributed by atoms with van der Waals surface area (Å²) >= 11 is 19.8. The molecule has 2 aliphatic rings. The number of aromatic nitrogens is 2. The van der Waals surface area contributed by atoms with E-state index in [1.54, 1.807) is 26.6 Å². The number of hydrogen-bond donors (Lipinski definition) is 1. The van der Waals surface area contributed by atoms with Crippen molar-refractivity contribution in [3.05, 3.63) is 62.4 Å². The third kappa shape index (κ3) is 7.00. The zero-order chi connectivity index (χ0) is 29.8. The quantitative estimate of drug-likeness (QED) is 0.286. The minimum Gasteiger partial charge on any atom is -0.495 e. The summed E-state index contributed by atoms with van der Waals surface area (Å²) in [5.41, 5.74) is 4.47. The molecule has 0 unspecified atom stereocenters. The Morgan fingerprint density at radius 3 is 2.17 bits per heavy atom. The van der Waals surface area contributed by atoms with E-state index in [-0.39, 0.29) is 0 Å². The summed E-state index contributed by atoms with van der Waals surface area (Å²) in [4.78, 5) is 16.5. The number of aryl methyl sites for hydroxylation is 2. The number of nitrogens with one attached hydrogen (secondary N) is 1. The second-order valence-corrected chi connectivity index (χ2v) is 12.3. The lowest BCUT2D eigenvalue weighted by atomic mass is 10.0. The number of nitrogens with zero attached hydrogens (tertiary/aromatic N) is 5. The number of piperidine rings is 1. The molecular formula is C31H39Cl3N6O2. The molecule has 0 radical (unpaired) electrons.